The number of tetrazole rings is 1. The number of rotatable bonds is 10. The first-order valence-electron chi connectivity index (χ1n) is 11.0. The highest BCUT2D eigenvalue weighted by atomic mass is 35.5. The molecule has 0 unspecified atom stereocenters. The molecule has 0 amide bonds. The number of hydrogen-bond donors (Lipinski definition) is 1. The van der Waals surface area contributed by atoms with Gasteiger partial charge >= 0.3 is 6.01 Å². The number of hydrogen-bond acceptors (Lipinski definition) is 6. The smallest absolute Gasteiger partial charge is 0.346 e. The van der Waals surface area contributed by atoms with Crippen molar-refractivity contribution in [1.82, 2.24) is 25.5 Å². The average Bonchev–Trinajstić information content (AvgIpc) is 3.28. The third kappa shape index (κ3) is 6.31. The molecule has 1 aromatic heterocycles. The molecular formula is C24H30ClN5O2. The lowest BCUT2D eigenvalue weighted by atomic mass is 9.97. The molecule has 0 atom stereocenters. The van der Waals surface area contributed by atoms with Gasteiger partial charge in [-0.1, -0.05) is 41.0 Å². The molecule has 8 heteroatoms. The quantitative estimate of drug-likeness (QED) is 0.332. The molecule has 0 bridgehead atoms. The second-order valence-corrected chi connectivity index (χ2v) is 7.56. The van der Waals surface area contributed by atoms with Crippen LogP contribution in [-0.4, -0.2) is 33.4 Å². The molecule has 3 aromatic rings. The Kier molecular flexibility index (Phi) is 9.07. The van der Waals surface area contributed by atoms with Crippen LogP contribution in [0.4, 0.5) is 0 Å². The maximum Gasteiger partial charge on any atom is 0.346 e. The Bertz CT molecular complexity index is 1010. The lowest BCUT2D eigenvalue weighted by Gasteiger charge is -2.14. The SMILES string of the molecule is CCOc1cc(CNCCC2=CCCCC2)ccc1Oc1nnnn1-c1ccccc1.Cl. The van der Waals surface area contributed by atoms with Crippen LogP contribution in [0.2, 0.25) is 0 Å². The molecule has 0 fully saturated rings. The van der Waals surface area contributed by atoms with Crippen LogP contribution in [0.25, 0.3) is 5.69 Å². The summed E-state index contributed by atoms with van der Waals surface area (Å²) >= 11 is 0. The summed E-state index contributed by atoms with van der Waals surface area (Å²) in [5.41, 5.74) is 3.57. The van der Waals surface area contributed by atoms with Crippen LogP contribution >= 0.6 is 12.4 Å². The second kappa shape index (κ2) is 12.2. The van der Waals surface area contributed by atoms with Crippen molar-refractivity contribution in [3.8, 4) is 23.2 Å². The summed E-state index contributed by atoms with van der Waals surface area (Å²) in [6, 6.07) is 15.9. The van der Waals surface area contributed by atoms with Gasteiger partial charge in [0.05, 0.1) is 12.3 Å². The molecule has 32 heavy (non-hydrogen) atoms. The Morgan fingerprint density at radius 1 is 1.06 bits per heavy atom. The Balaban J connectivity index is 0.00000289. The highest BCUT2D eigenvalue weighted by Crippen LogP contribution is 2.32. The van der Waals surface area contributed by atoms with Gasteiger partial charge in [0.1, 0.15) is 0 Å². The van der Waals surface area contributed by atoms with E-state index in [9.17, 15) is 0 Å². The molecular weight excluding hydrogens is 426 g/mol. The van der Waals surface area contributed by atoms with Gasteiger partial charge in [0.25, 0.3) is 0 Å². The number of benzene rings is 2. The Morgan fingerprint density at radius 3 is 2.72 bits per heavy atom. The van der Waals surface area contributed by atoms with Gasteiger partial charge in [-0.25, -0.2) is 0 Å². The third-order valence-corrected chi connectivity index (χ3v) is 5.29. The van der Waals surface area contributed by atoms with E-state index in [-0.39, 0.29) is 12.4 Å². The van der Waals surface area contributed by atoms with Crippen molar-refractivity contribution < 1.29 is 9.47 Å². The van der Waals surface area contributed by atoms with Gasteiger partial charge in [-0.3, -0.25) is 0 Å². The Morgan fingerprint density at radius 2 is 1.94 bits per heavy atom. The number of halogens is 1. The fraction of sp³-hybridized carbons (Fsp3) is 0.375. The van der Waals surface area contributed by atoms with Gasteiger partial charge < -0.3 is 14.8 Å². The van der Waals surface area contributed by atoms with Crippen molar-refractivity contribution in [2.75, 3.05) is 13.2 Å². The van der Waals surface area contributed by atoms with Crippen molar-refractivity contribution in [1.29, 1.82) is 0 Å². The fourth-order valence-corrected chi connectivity index (χ4v) is 3.70. The summed E-state index contributed by atoms with van der Waals surface area (Å²) in [5.74, 6) is 1.27. The summed E-state index contributed by atoms with van der Waals surface area (Å²) in [4.78, 5) is 0. The van der Waals surface area contributed by atoms with Crippen molar-refractivity contribution in [2.45, 2.75) is 45.6 Å². The zero-order chi connectivity index (χ0) is 21.3. The summed E-state index contributed by atoms with van der Waals surface area (Å²) in [6.07, 6.45) is 8.70. The Hall–Kier alpha value is -2.90. The minimum Gasteiger partial charge on any atom is -0.490 e. The zero-order valence-corrected chi connectivity index (χ0v) is 19.2. The lowest BCUT2D eigenvalue weighted by molar-refractivity contribution is 0.315. The standard InChI is InChI=1S/C24H29N5O2.ClH/c1-2-30-23-17-20(18-25-16-15-19-9-5-3-6-10-19)13-14-22(23)31-24-26-27-28-29(24)21-11-7-4-8-12-21;/h4,7-9,11-14,17,25H,2-3,5-6,10,15-16,18H2,1H3;1H. The summed E-state index contributed by atoms with van der Waals surface area (Å²) < 4.78 is 13.4. The van der Waals surface area contributed by atoms with E-state index in [1.807, 2.05) is 55.5 Å². The molecule has 0 radical (unpaired) electrons. The van der Waals surface area contributed by atoms with Gasteiger partial charge in [0.15, 0.2) is 11.5 Å². The largest absolute Gasteiger partial charge is 0.490 e. The minimum absolute atomic E-state index is 0. The van der Waals surface area contributed by atoms with Crippen molar-refractivity contribution in [2.24, 2.45) is 0 Å². The number of ether oxygens (including phenoxy) is 2. The predicted octanol–water partition coefficient (Wildman–Crippen LogP) is 5.26. The number of nitrogens with one attached hydrogen (secondary N) is 1. The molecule has 1 aliphatic carbocycles. The molecule has 0 saturated carbocycles. The van der Waals surface area contributed by atoms with E-state index in [4.69, 9.17) is 9.47 Å². The molecule has 0 aliphatic heterocycles. The highest BCUT2D eigenvalue weighted by molar-refractivity contribution is 5.85. The average molecular weight is 456 g/mol. The molecule has 1 aliphatic rings. The van der Waals surface area contributed by atoms with Crippen LogP contribution < -0.4 is 14.8 Å². The molecule has 4 rings (SSSR count). The van der Waals surface area contributed by atoms with E-state index in [1.165, 1.54) is 25.7 Å². The van der Waals surface area contributed by atoms with E-state index in [0.717, 1.165) is 30.8 Å². The number of allylic oxidation sites excluding steroid dienone is 1. The monoisotopic (exact) mass is 455 g/mol. The summed E-state index contributed by atoms with van der Waals surface area (Å²) in [7, 11) is 0. The van der Waals surface area contributed by atoms with Gasteiger partial charge in [0.2, 0.25) is 0 Å². The van der Waals surface area contributed by atoms with Crippen LogP contribution in [0.1, 0.15) is 44.6 Å². The van der Waals surface area contributed by atoms with E-state index in [1.54, 1.807) is 10.3 Å². The first kappa shape index (κ1) is 23.8. The van der Waals surface area contributed by atoms with Gasteiger partial charge in [0, 0.05) is 6.54 Å². The number of para-hydroxylation sites is 1. The molecule has 2 aromatic carbocycles. The third-order valence-electron chi connectivity index (χ3n) is 5.29. The molecule has 170 valence electrons. The lowest BCUT2D eigenvalue weighted by Crippen LogP contribution is -2.15. The molecule has 7 nitrogen and oxygen atoms in total. The minimum atomic E-state index is 0. The van der Waals surface area contributed by atoms with Crippen molar-refractivity contribution in [3.63, 3.8) is 0 Å². The second-order valence-electron chi connectivity index (χ2n) is 7.56. The first-order valence-corrected chi connectivity index (χ1v) is 11.0. The molecule has 0 saturated heterocycles. The van der Waals surface area contributed by atoms with Gasteiger partial charge in [-0.15, -0.1) is 12.4 Å². The summed E-state index contributed by atoms with van der Waals surface area (Å²) in [5, 5.41) is 15.4. The van der Waals surface area contributed by atoms with E-state index in [0.29, 0.717) is 24.1 Å². The van der Waals surface area contributed by atoms with Gasteiger partial charge in [-0.05, 0) is 85.8 Å². The maximum absolute atomic E-state index is 6.02. The van der Waals surface area contributed by atoms with Crippen molar-refractivity contribution >= 4 is 12.4 Å². The van der Waals surface area contributed by atoms with Crippen LogP contribution in [0, 0.1) is 0 Å². The number of nitrogens with zero attached hydrogens (tertiary/aromatic N) is 4. The van der Waals surface area contributed by atoms with Crippen LogP contribution in [-0.2, 0) is 6.54 Å². The topological polar surface area (TPSA) is 74.1 Å². The normalized spacial score (nSPS) is 13.2. The van der Waals surface area contributed by atoms with Crippen LogP contribution in [0.5, 0.6) is 17.5 Å². The fourth-order valence-electron chi connectivity index (χ4n) is 3.70. The predicted molar refractivity (Wildman–Crippen MR) is 127 cm³/mol. The van der Waals surface area contributed by atoms with E-state index >= 15 is 0 Å². The van der Waals surface area contributed by atoms with E-state index in [2.05, 4.69) is 26.9 Å². The molecule has 0 spiro atoms. The Labute approximate surface area is 195 Å². The molecule has 1 heterocycles. The van der Waals surface area contributed by atoms with Gasteiger partial charge in [-0.2, -0.15) is 4.68 Å². The van der Waals surface area contributed by atoms with Crippen LogP contribution in [0.3, 0.4) is 0 Å². The highest BCUT2D eigenvalue weighted by Gasteiger charge is 2.14. The van der Waals surface area contributed by atoms with Crippen molar-refractivity contribution in [3.05, 3.63) is 65.7 Å². The summed E-state index contributed by atoms with van der Waals surface area (Å²) in [6.45, 7) is 4.28. The zero-order valence-electron chi connectivity index (χ0n) is 18.4. The van der Waals surface area contributed by atoms with Crippen LogP contribution in [0.15, 0.2) is 60.2 Å². The first-order chi connectivity index (χ1) is 15.3. The number of aromatic nitrogens is 4. The van der Waals surface area contributed by atoms with E-state index < -0.39 is 0 Å². The maximum atomic E-state index is 6.02. The molecule has 1 N–H and O–H groups in total.